The highest BCUT2D eigenvalue weighted by Gasteiger charge is 2.32. The van der Waals surface area contributed by atoms with Crippen LogP contribution < -0.4 is 16.2 Å². The molecule has 8 heteroatoms. The van der Waals surface area contributed by atoms with Crippen molar-refractivity contribution in [2.24, 2.45) is 0 Å². The van der Waals surface area contributed by atoms with Crippen LogP contribution in [-0.2, 0) is 0 Å². The van der Waals surface area contributed by atoms with E-state index in [2.05, 4.69) is 32.1 Å². The normalized spacial score (nSPS) is 23.6. The summed E-state index contributed by atoms with van der Waals surface area (Å²) in [5.74, 6) is -2.33. The van der Waals surface area contributed by atoms with Crippen LogP contribution in [0.1, 0.15) is 41.2 Å². The number of nitrogens with zero attached hydrogens (tertiary/aromatic N) is 2. The maximum Gasteiger partial charge on any atom is 0.251 e. The minimum absolute atomic E-state index is 0.0281. The Balaban J connectivity index is 1.27. The van der Waals surface area contributed by atoms with Crippen molar-refractivity contribution in [1.29, 1.82) is 0 Å². The average molecular weight is 387 g/mol. The van der Waals surface area contributed by atoms with Gasteiger partial charge < -0.3 is 5.32 Å². The van der Waals surface area contributed by atoms with Crippen LogP contribution in [0, 0.1) is 11.6 Å². The number of pyridine rings is 1. The van der Waals surface area contributed by atoms with Crippen LogP contribution in [-0.4, -0.2) is 41.1 Å². The number of likely N-dealkylation sites (tertiary alicyclic amines) is 1. The lowest BCUT2D eigenvalue weighted by atomic mass is 10.0. The molecule has 2 unspecified atom stereocenters. The molecule has 0 saturated carbocycles. The highest BCUT2D eigenvalue weighted by atomic mass is 19.2. The maximum atomic E-state index is 13.3. The third-order valence-electron chi connectivity index (χ3n) is 5.46. The van der Waals surface area contributed by atoms with Gasteiger partial charge in [0.2, 0.25) is 0 Å². The molecule has 1 amide bonds. The van der Waals surface area contributed by atoms with Crippen molar-refractivity contribution in [3.05, 3.63) is 65.5 Å². The number of hydrazine groups is 1. The molecule has 2 aliphatic rings. The summed E-state index contributed by atoms with van der Waals surface area (Å²) in [4.78, 5) is 18.8. The number of rotatable bonds is 4. The van der Waals surface area contributed by atoms with Crippen molar-refractivity contribution in [1.82, 2.24) is 26.1 Å². The number of nitrogens with one attached hydrogen (secondary N) is 3. The fourth-order valence-electron chi connectivity index (χ4n) is 3.84. The second-order valence-corrected chi connectivity index (χ2v) is 7.29. The number of benzene rings is 1. The molecule has 4 rings (SSSR count). The van der Waals surface area contributed by atoms with Gasteiger partial charge in [0.15, 0.2) is 11.6 Å². The largest absolute Gasteiger partial charge is 0.349 e. The van der Waals surface area contributed by atoms with Gasteiger partial charge in [0.1, 0.15) is 0 Å². The van der Waals surface area contributed by atoms with E-state index >= 15 is 0 Å². The summed E-state index contributed by atoms with van der Waals surface area (Å²) in [6, 6.07) is 7.47. The quantitative estimate of drug-likeness (QED) is 0.750. The van der Waals surface area contributed by atoms with Crippen LogP contribution in [0.25, 0.3) is 0 Å². The van der Waals surface area contributed by atoms with Crippen LogP contribution in [0.5, 0.6) is 0 Å². The van der Waals surface area contributed by atoms with Gasteiger partial charge in [-0.1, -0.05) is 6.07 Å². The van der Waals surface area contributed by atoms with Crippen LogP contribution in [0.3, 0.4) is 0 Å². The van der Waals surface area contributed by atoms with E-state index in [4.69, 9.17) is 0 Å². The standard InChI is InChI=1S/C20H23F2N5O/c21-16-4-3-13(10-17(16)22)20(28)24-15-5-8-27(9-6-15)19-11-18(25-26-19)14-2-1-7-23-12-14/h1-4,7,10,12,15,18-19,25-26H,5-6,8-9,11H2,(H,24,28). The first kappa shape index (κ1) is 18.9. The minimum Gasteiger partial charge on any atom is -0.349 e. The summed E-state index contributed by atoms with van der Waals surface area (Å²) in [6.07, 6.45) is 6.44. The van der Waals surface area contributed by atoms with Gasteiger partial charge >= 0.3 is 0 Å². The first-order valence-corrected chi connectivity index (χ1v) is 9.51. The monoisotopic (exact) mass is 387 g/mol. The molecule has 1 aromatic heterocycles. The first-order chi connectivity index (χ1) is 13.6. The fourth-order valence-corrected chi connectivity index (χ4v) is 3.84. The van der Waals surface area contributed by atoms with E-state index in [0.29, 0.717) is 0 Å². The fraction of sp³-hybridized carbons (Fsp3) is 0.400. The van der Waals surface area contributed by atoms with E-state index in [-0.39, 0.29) is 29.7 Å². The Morgan fingerprint density at radius 2 is 1.96 bits per heavy atom. The van der Waals surface area contributed by atoms with Crippen LogP contribution in [0.4, 0.5) is 8.78 Å². The molecule has 2 atom stereocenters. The van der Waals surface area contributed by atoms with Gasteiger partial charge in [0.25, 0.3) is 5.91 Å². The second-order valence-electron chi connectivity index (χ2n) is 7.29. The summed E-state index contributed by atoms with van der Waals surface area (Å²) >= 11 is 0. The number of piperidine rings is 1. The summed E-state index contributed by atoms with van der Waals surface area (Å²) in [6.45, 7) is 1.70. The van der Waals surface area contributed by atoms with Crippen molar-refractivity contribution in [3.8, 4) is 0 Å². The molecule has 3 N–H and O–H groups in total. The zero-order valence-corrected chi connectivity index (χ0v) is 15.4. The molecule has 3 heterocycles. The number of halogens is 2. The predicted molar refractivity (Wildman–Crippen MR) is 100 cm³/mol. The molecule has 6 nitrogen and oxygen atoms in total. The van der Waals surface area contributed by atoms with E-state index in [1.54, 1.807) is 6.20 Å². The van der Waals surface area contributed by atoms with Crippen LogP contribution >= 0.6 is 0 Å². The Morgan fingerprint density at radius 3 is 2.68 bits per heavy atom. The molecule has 0 aliphatic carbocycles. The van der Waals surface area contributed by atoms with Gasteiger partial charge in [-0.2, -0.15) is 0 Å². The van der Waals surface area contributed by atoms with Gasteiger partial charge in [0, 0.05) is 37.1 Å². The molecule has 2 fully saturated rings. The van der Waals surface area contributed by atoms with Crippen molar-refractivity contribution < 1.29 is 13.6 Å². The highest BCUT2D eigenvalue weighted by Crippen LogP contribution is 2.25. The Labute approximate surface area is 162 Å². The summed E-state index contributed by atoms with van der Waals surface area (Å²) in [5.41, 5.74) is 7.98. The van der Waals surface area contributed by atoms with Gasteiger partial charge in [-0.25, -0.2) is 19.6 Å². The molecule has 1 aromatic carbocycles. The Kier molecular flexibility index (Phi) is 5.61. The Bertz CT molecular complexity index is 827. The highest BCUT2D eigenvalue weighted by molar-refractivity contribution is 5.94. The molecule has 0 bridgehead atoms. The lowest BCUT2D eigenvalue weighted by Gasteiger charge is -2.35. The second kappa shape index (κ2) is 8.30. The van der Waals surface area contributed by atoms with Crippen molar-refractivity contribution in [3.63, 3.8) is 0 Å². The number of amides is 1. The number of hydrogen-bond donors (Lipinski definition) is 3. The van der Waals surface area contributed by atoms with Gasteiger partial charge in [0.05, 0.1) is 12.2 Å². The minimum atomic E-state index is -1.01. The van der Waals surface area contributed by atoms with Gasteiger partial charge in [-0.3, -0.25) is 14.7 Å². The zero-order valence-electron chi connectivity index (χ0n) is 15.4. The number of carbonyl (C=O) groups excluding carboxylic acids is 1. The number of hydrogen-bond acceptors (Lipinski definition) is 5. The van der Waals surface area contributed by atoms with Crippen molar-refractivity contribution in [2.75, 3.05) is 13.1 Å². The molecule has 28 heavy (non-hydrogen) atoms. The van der Waals surface area contributed by atoms with Gasteiger partial charge in [-0.15, -0.1) is 0 Å². The summed E-state index contributed by atoms with van der Waals surface area (Å²) < 4.78 is 26.3. The molecule has 148 valence electrons. The molecular weight excluding hydrogens is 364 g/mol. The average Bonchev–Trinajstić information content (AvgIpc) is 3.21. The van der Waals surface area contributed by atoms with Crippen molar-refractivity contribution >= 4 is 5.91 Å². The maximum absolute atomic E-state index is 13.3. The molecule has 2 saturated heterocycles. The molecule has 0 radical (unpaired) electrons. The Morgan fingerprint density at radius 1 is 1.14 bits per heavy atom. The van der Waals surface area contributed by atoms with E-state index < -0.39 is 11.6 Å². The zero-order chi connectivity index (χ0) is 19.5. The lowest BCUT2D eigenvalue weighted by molar-refractivity contribution is 0.0879. The smallest absolute Gasteiger partial charge is 0.251 e. The summed E-state index contributed by atoms with van der Waals surface area (Å²) in [7, 11) is 0. The Hall–Kier alpha value is -2.42. The van der Waals surface area contributed by atoms with E-state index in [9.17, 15) is 13.6 Å². The molecule has 2 aliphatic heterocycles. The van der Waals surface area contributed by atoms with E-state index in [0.717, 1.165) is 50.0 Å². The SMILES string of the molecule is O=C(NC1CCN(C2CC(c3cccnc3)NN2)CC1)c1ccc(F)c(F)c1. The third kappa shape index (κ3) is 4.19. The van der Waals surface area contributed by atoms with E-state index in [1.807, 2.05) is 12.3 Å². The number of carbonyl (C=O) groups is 1. The molecule has 2 aromatic rings. The lowest BCUT2D eigenvalue weighted by Crippen LogP contribution is -2.51. The summed E-state index contributed by atoms with van der Waals surface area (Å²) in [5, 5.41) is 2.93. The topological polar surface area (TPSA) is 69.3 Å². The number of aromatic nitrogens is 1. The van der Waals surface area contributed by atoms with E-state index in [1.165, 1.54) is 6.07 Å². The first-order valence-electron chi connectivity index (χ1n) is 9.51. The molecular formula is C20H23F2N5O. The predicted octanol–water partition coefficient (Wildman–Crippen LogP) is 2.12. The van der Waals surface area contributed by atoms with Crippen LogP contribution in [0.15, 0.2) is 42.7 Å². The van der Waals surface area contributed by atoms with Gasteiger partial charge in [-0.05, 0) is 49.1 Å². The van der Waals surface area contributed by atoms with Crippen LogP contribution in [0.2, 0.25) is 0 Å². The van der Waals surface area contributed by atoms with Crippen molar-refractivity contribution in [2.45, 2.75) is 37.5 Å². The molecule has 0 spiro atoms. The third-order valence-corrected chi connectivity index (χ3v) is 5.46.